The third-order valence-corrected chi connectivity index (χ3v) is 7.53. The molecule has 3 rings (SSSR count). The maximum absolute atomic E-state index is 13.1. The summed E-state index contributed by atoms with van der Waals surface area (Å²) in [4.78, 5) is 0.374. The van der Waals surface area contributed by atoms with Crippen LogP contribution in [-0.4, -0.2) is 25.0 Å². The Morgan fingerprint density at radius 3 is 2.21 bits per heavy atom. The maximum Gasteiger partial charge on any atom is 0.244 e. The van der Waals surface area contributed by atoms with Crippen molar-refractivity contribution in [1.29, 1.82) is 0 Å². The Kier molecular flexibility index (Phi) is 4.78. The van der Waals surface area contributed by atoms with Crippen molar-refractivity contribution >= 4 is 21.8 Å². The number of hydrogen-bond donors (Lipinski definition) is 0. The molecule has 1 aliphatic rings. The zero-order chi connectivity index (χ0) is 17.4. The Balaban J connectivity index is 1.92. The van der Waals surface area contributed by atoms with Gasteiger partial charge in [0.25, 0.3) is 0 Å². The number of sulfonamides is 1. The topological polar surface area (TPSA) is 37.4 Å². The van der Waals surface area contributed by atoms with Crippen LogP contribution in [0.15, 0.2) is 59.5 Å². The van der Waals surface area contributed by atoms with Crippen molar-refractivity contribution in [2.45, 2.75) is 36.5 Å². The second-order valence-electron chi connectivity index (χ2n) is 7.02. The molecule has 0 radical (unpaired) electrons. The summed E-state index contributed by atoms with van der Waals surface area (Å²) < 4.78 is 27.8. The summed E-state index contributed by atoms with van der Waals surface area (Å²) in [6.45, 7) is 6.92. The molecule has 1 saturated heterocycles. The molecule has 0 saturated carbocycles. The van der Waals surface area contributed by atoms with Crippen LogP contribution in [0.3, 0.4) is 0 Å². The molecule has 0 bridgehead atoms. The van der Waals surface area contributed by atoms with Crippen molar-refractivity contribution in [2.24, 2.45) is 0 Å². The minimum absolute atomic E-state index is 0.0123. The van der Waals surface area contributed by atoms with E-state index in [1.165, 1.54) is 0 Å². The second kappa shape index (κ2) is 6.54. The first-order valence-electron chi connectivity index (χ1n) is 8.09. The first kappa shape index (κ1) is 17.5. The van der Waals surface area contributed by atoms with E-state index in [9.17, 15) is 8.42 Å². The van der Waals surface area contributed by atoms with Gasteiger partial charge in [-0.2, -0.15) is 4.31 Å². The monoisotopic (exact) mass is 361 g/mol. The third kappa shape index (κ3) is 3.39. The number of thioether (sulfide) groups is 1. The molecule has 5 heteroatoms. The molecule has 2 aromatic rings. The SMILES string of the molecule is CC(C)(C)c1ccc(S(=O)(=O)N2CCS[C@@H]2c2ccccc2)cc1. The summed E-state index contributed by atoms with van der Waals surface area (Å²) in [5.41, 5.74) is 2.19. The van der Waals surface area contributed by atoms with E-state index in [4.69, 9.17) is 0 Å². The molecule has 0 aromatic heterocycles. The minimum atomic E-state index is -3.49. The van der Waals surface area contributed by atoms with Crippen molar-refractivity contribution in [3.8, 4) is 0 Å². The van der Waals surface area contributed by atoms with Crippen LogP contribution in [0.1, 0.15) is 37.3 Å². The number of nitrogens with zero attached hydrogens (tertiary/aromatic N) is 1. The van der Waals surface area contributed by atoms with E-state index < -0.39 is 10.0 Å². The van der Waals surface area contributed by atoms with Gasteiger partial charge < -0.3 is 0 Å². The fraction of sp³-hybridized carbons (Fsp3) is 0.368. The fourth-order valence-electron chi connectivity index (χ4n) is 2.84. The molecule has 1 fully saturated rings. The lowest BCUT2D eigenvalue weighted by Crippen LogP contribution is -2.30. The molecule has 24 heavy (non-hydrogen) atoms. The van der Waals surface area contributed by atoms with Gasteiger partial charge >= 0.3 is 0 Å². The van der Waals surface area contributed by atoms with Gasteiger partial charge in [-0.3, -0.25) is 0 Å². The minimum Gasteiger partial charge on any atom is -0.207 e. The third-order valence-electron chi connectivity index (χ3n) is 4.26. The zero-order valence-corrected chi connectivity index (χ0v) is 15.9. The lowest BCUT2D eigenvalue weighted by atomic mass is 9.87. The van der Waals surface area contributed by atoms with E-state index in [1.54, 1.807) is 28.2 Å². The summed E-state index contributed by atoms with van der Waals surface area (Å²) in [5.74, 6) is 0.818. The molecule has 1 heterocycles. The Labute approximate surface area is 149 Å². The molecule has 1 atom stereocenters. The molecule has 3 nitrogen and oxygen atoms in total. The van der Waals surface area contributed by atoms with Crippen molar-refractivity contribution in [2.75, 3.05) is 12.3 Å². The lowest BCUT2D eigenvalue weighted by Gasteiger charge is -2.24. The highest BCUT2D eigenvalue weighted by molar-refractivity contribution is 8.01. The highest BCUT2D eigenvalue weighted by Gasteiger charge is 2.36. The summed E-state index contributed by atoms with van der Waals surface area (Å²) in [6, 6.07) is 17.2. The van der Waals surface area contributed by atoms with E-state index in [0.29, 0.717) is 11.4 Å². The van der Waals surface area contributed by atoms with Crippen LogP contribution in [0, 0.1) is 0 Å². The van der Waals surface area contributed by atoms with Crippen LogP contribution >= 0.6 is 11.8 Å². The van der Waals surface area contributed by atoms with Gasteiger partial charge in [0.1, 0.15) is 0 Å². The Morgan fingerprint density at radius 1 is 1.00 bits per heavy atom. The molecule has 2 aromatic carbocycles. The Hall–Kier alpha value is -1.30. The summed E-state index contributed by atoms with van der Waals surface area (Å²) >= 11 is 1.68. The van der Waals surface area contributed by atoms with Crippen LogP contribution in [-0.2, 0) is 15.4 Å². The van der Waals surface area contributed by atoms with Gasteiger partial charge in [-0.15, -0.1) is 11.8 Å². The van der Waals surface area contributed by atoms with Gasteiger partial charge in [-0.25, -0.2) is 8.42 Å². The first-order chi connectivity index (χ1) is 11.3. The molecule has 0 amide bonds. The van der Waals surface area contributed by atoms with Gasteiger partial charge in [0.15, 0.2) is 0 Å². The average molecular weight is 362 g/mol. The fourth-order valence-corrected chi connectivity index (χ4v) is 6.08. The standard InChI is InChI=1S/C19H23NO2S2/c1-19(2,3)16-9-11-17(12-10-16)24(21,22)20-13-14-23-18(20)15-7-5-4-6-8-15/h4-12,18H,13-14H2,1-3H3/t18-/m1/s1. The molecule has 0 unspecified atom stereocenters. The lowest BCUT2D eigenvalue weighted by molar-refractivity contribution is 0.434. The van der Waals surface area contributed by atoms with E-state index in [2.05, 4.69) is 20.8 Å². The van der Waals surface area contributed by atoms with E-state index in [-0.39, 0.29) is 10.8 Å². The predicted molar refractivity (Wildman–Crippen MR) is 101 cm³/mol. The van der Waals surface area contributed by atoms with Gasteiger partial charge in [0.05, 0.1) is 10.3 Å². The number of benzene rings is 2. The summed E-state index contributed by atoms with van der Waals surface area (Å²) in [7, 11) is -3.49. The van der Waals surface area contributed by atoms with Crippen LogP contribution in [0.5, 0.6) is 0 Å². The van der Waals surface area contributed by atoms with Gasteiger partial charge in [-0.05, 0) is 28.7 Å². The molecule has 0 aliphatic carbocycles. The second-order valence-corrected chi connectivity index (χ2v) is 10.1. The van der Waals surface area contributed by atoms with E-state index in [1.807, 2.05) is 42.5 Å². The highest BCUT2D eigenvalue weighted by Crippen LogP contribution is 2.41. The smallest absolute Gasteiger partial charge is 0.207 e. The van der Waals surface area contributed by atoms with Gasteiger partial charge in [0.2, 0.25) is 10.0 Å². The largest absolute Gasteiger partial charge is 0.244 e. The zero-order valence-electron chi connectivity index (χ0n) is 14.3. The molecule has 0 N–H and O–H groups in total. The van der Waals surface area contributed by atoms with Crippen LogP contribution < -0.4 is 0 Å². The quantitative estimate of drug-likeness (QED) is 0.812. The van der Waals surface area contributed by atoms with Crippen LogP contribution in [0.25, 0.3) is 0 Å². The maximum atomic E-state index is 13.1. The molecular formula is C19H23NO2S2. The molecular weight excluding hydrogens is 338 g/mol. The number of rotatable bonds is 3. The molecule has 1 aliphatic heterocycles. The summed E-state index contributed by atoms with van der Waals surface area (Å²) in [5, 5.41) is -0.140. The Bertz CT molecular complexity index is 794. The predicted octanol–water partition coefficient (Wildman–Crippen LogP) is 4.42. The van der Waals surface area contributed by atoms with Crippen LogP contribution in [0.4, 0.5) is 0 Å². The highest BCUT2D eigenvalue weighted by atomic mass is 32.2. The van der Waals surface area contributed by atoms with Crippen molar-refractivity contribution < 1.29 is 8.42 Å². The van der Waals surface area contributed by atoms with Crippen molar-refractivity contribution in [1.82, 2.24) is 4.31 Å². The van der Waals surface area contributed by atoms with Crippen molar-refractivity contribution in [3.05, 3.63) is 65.7 Å². The first-order valence-corrected chi connectivity index (χ1v) is 10.6. The van der Waals surface area contributed by atoms with Gasteiger partial charge in [0, 0.05) is 12.3 Å². The van der Waals surface area contributed by atoms with E-state index >= 15 is 0 Å². The average Bonchev–Trinajstić information content (AvgIpc) is 3.05. The normalized spacial score (nSPS) is 19.5. The Morgan fingerprint density at radius 2 is 1.62 bits per heavy atom. The van der Waals surface area contributed by atoms with Crippen molar-refractivity contribution in [3.63, 3.8) is 0 Å². The van der Waals surface area contributed by atoms with Gasteiger partial charge in [-0.1, -0.05) is 63.2 Å². The summed E-state index contributed by atoms with van der Waals surface area (Å²) in [6.07, 6.45) is 0. The molecule has 128 valence electrons. The van der Waals surface area contributed by atoms with Crippen LogP contribution in [0.2, 0.25) is 0 Å². The number of hydrogen-bond acceptors (Lipinski definition) is 3. The van der Waals surface area contributed by atoms with E-state index in [0.717, 1.165) is 16.9 Å². The molecule has 0 spiro atoms.